The van der Waals surface area contributed by atoms with Crippen LogP contribution in [0, 0.1) is 0 Å². The van der Waals surface area contributed by atoms with Gasteiger partial charge in [0.05, 0.1) is 12.5 Å². The highest BCUT2D eigenvalue weighted by molar-refractivity contribution is 5.67. The zero-order valence-electron chi connectivity index (χ0n) is 17.0. The van der Waals surface area contributed by atoms with Crippen molar-refractivity contribution in [1.82, 2.24) is 10.2 Å². The molecule has 0 bridgehead atoms. The minimum atomic E-state index is -0.353. The largest absolute Gasteiger partial charge is 0.493 e. The summed E-state index contributed by atoms with van der Waals surface area (Å²) in [7, 11) is 3.84. The number of rotatable bonds is 5. The molecule has 1 aromatic rings. The van der Waals surface area contributed by atoms with Crippen molar-refractivity contribution < 1.29 is 19.0 Å². The molecule has 28 heavy (non-hydrogen) atoms. The fourth-order valence-corrected chi connectivity index (χ4v) is 4.70. The van der Waals surface area contributed by atoms with E-state index in [0.717, 1.165) is 43.9 Å². The lowest BCUT2D eigenvalue weighted by atomic mass is 9.69. The molecule has 6 heteroatoms. The minimum Gasteiger partial charge on any atom is -0.493 e. The highest BCUT2D eigenvalue weighted by atomic mass is 16.6. The van der Waals surface area contributed by atoms with Crippen LogP contribution in [-0.4, -0.2) is 50.4 Å². The number of hydrogen-bond donors (Lipinski definition) is 1. The van der Waals surface area contributed by atoms with Crippen LogP contribution in [0.1, 0.15) is 43.7 Å². The first-order valence-corrected chi connectivity index (χ1v) is 10.3. The third-order valence-corrected chi connectivity index (χ3v) is 6.19. The second kappa shape index (κ2) is 7.66. The molecular weight excluding hydrogens is 356 g/mol. The van der Waals surface area contributed by atoms with Crippen LogP contribution in [0.3, 0.4) is 0 Å². The molecule has 1 aromatic carbocycles. The van der Waals surface area contributed by atoms with Crippen molar-refractivity contribution in [2.45, 2.75) is 56.8 Å². The number of unbranched alkanes of at least 4 members (excludes halogenated alkanes) is 1. The van der Waals surface area contributed by atoms with E-state index in [0.29, 0.717) is 13.0 Å². The van der Waals surface area contributed by atoms with Gasteiger partial charge in [0.25, 0.3) is 0 Å². The molecule has 0 aromatic heterocycles. The van der Waals surface area contributed by atoms with Gasteiger partial charge in [-0.2, -0.15) is 0 Å². The Balaban J connectivity index is 1.60. The van der Waals surface area contributed by atoms with Gasteiger partial charge in [0, 0.05) is 25.1 Å². The molecule has 2 aliphatic heterocycles. The summed E-state index contributed by atoms with van der Waals surface area (Å²) in [6.45, 7) is 4.63. The number of nitrogens with zero attached hydrogens (tertiary/aromatic N) is 1. The van der Waals surface area contributed by atoms with E-state index in [-0.39, 0.29) is 23.7 Å². The standard InChI is InChI=1S/C22H30N2O4/c1-4-5-11-23-21(25)27-16-8-9-22-10-12-24(2)14-15-6-7-17(26-3)20(19(15)22)28-18(22)13-16/h6-9,16,18H,4-5,10-14H2,1-3H3,(H,23,25). The van der Waals surface area contributed by atoms with E-state index < -0.39 is 0 Å². The summed E-state index contributed by atoms with van der Waals surface area (Å²) in [6, 6.07) is 4.15. The third kappa shape index (κ3) is 3.24. The van der Waals surface area contributed by atoms with E-state index in [4.69, 9.17) is 14.2 Å². The number of alkyl carbamates (subject to hydrolysis) is 1. The van der Waals surface area contributed by atoms with Gasteiger partial charge < -0.3 is 24.4 Å². The average Bonchev–Trinajstić information content (AvgIpc) is 2.94. The van der Waals surface area contributed by atoms with Crippen molar-refractivity contribution in [3.05, 3.63) is 35.4 Å². The predicted molar refractivity (Wildman–Crippen MR) is 107 cm³/mol. The number of hydrogen-bond acceptors (Lipinski definition) is 5. The smallest absolute Gasteiger partial charge is 0.407 e. The zero-order valence-corrected chi connectivity index (χ0v) is 17.0. The molecule has 2 heterocycles. The van der Waals surface area contributed by atoms with Crippen molar-refractivity contribution in [3.8, 4) is 11.5 Å². The molecule has 1 N–H and O–H groups in total. The van der Waals surface area contributed by atoms with E-state index >= 15 is 0 Å². The van der Waals surface area contributed by atoms with Gasteiger partial charge in [0.1, 0.15) is 12.2 Å². The molecule has 0 fully saturated rings. The number of benzene rings is 1. The van der Waals surface area contributed by atoms with Crippen LogP contribution in [0.5, 0.6) is 11.5 Å². The molecular formula is C22H30N2O4. The van der Waals surface area contributed by atoms with Crippen LogP contribution in [0.4, 0.5) is 4.79 Å². The fourth-order valence-electron chi connectivity index (χ4n) is 4.70. The topological polar surface area (TPSA) is 60.0 Å². The molecule has 1 amide bonds. The SMILES string of the molecule is CCCCNC(=O)OC1C=CC23CCN(C)Cc4ccc(OC)c(c42)OC3C1. The Kier molecular flexibility index (Phi) is 5.23. The van der Waals surface area contributed by atoms with Crippen LogP contribution >= 0.6 is 0 Å². The quantitative estimate of drug-likeness (QED) is 0.621. The van der Waals surface area contributed by atoms with Gasteiger partial charge in [-0.05, 0) is 44.1 Å². The third-order valence-electron chi connectivity index (χ3n) is 6.19. The first-order chi connectivity index (χ1) is 13.6. The normalized spacial score (nSPS) is 28.0. The summed E-state index contributed by atoms with van der Waals surface area (Å²) in [5.41, 5.74) is 2.37. The van der Waals surface area contributed by atoms with Gasteiger partial charge in [-0.1, -0.05) is 25.5 Å². The van der Waals surface area contributed by atoms with Crippen molar-refractivity contribution in [3.63, 3.8) is 0 Å². The number of nitrogens with one attached hydrogen (secondary N) is 1. The van der Waals surface area contributed by atoms with Crippen LogP contribution < -0.4 is 14.8 Å². The van der Waals surface area contributed by atoms with Gasteiger partial charge in [-0.15, -0.1) is 0 Å². The number of ether oxygens (including phenoxy) is 3. The lowest BCUT2D eigenvalue weighted by Crippen LogP contribution is -2.44. The number of amides is 1. The van der Waals surface area contributed by atoms with Crippen LogP contribution in [-0.2, 0) is 16.7 Å². The van der Waals surface area contributed by atoms with Crippen LogP contribution in [0.15, 0.2) is 24.3 Å². The van der Waals surface area contributed by atoms with Crippen molar-refractivity contribution in [2.24, 2.45) is 0 Å². The van der Waals surface area contributed by atoms with Crippen LogP contribution in [0.2, 0.25) is 0 Å². The summed E-state index contributed by atoms with van der Waals surface area (Å²) >= 11 is 0. The second-order valence-corrected chi connectivity index (χ2v) is 8.08. The van der Waals surface area contributed by atoms with Crippen LogP contribution in [0.25, 0.3) is 0 Å². The highest BCUT2D eigenvalue weighted by Crippen LogP contribution is 2.55. The number of carbonyl (C=O) groups is 1. The maximum Gasteiger partial charge on any atom is 0.407 e. The fraction of sp³-hybridized carbons (Fsp3) is 0.591. The van der Waals surface area contributed by atoms with E-state index in [1.807, 2.05) is 12.1 Å². The molecule has 4 rings (SSSR count). The summed E-state index contributed by atoms with van der Waals surface area (Å²) in [5, 5.41) is 2.82. The Morgan fingerprint density at radius 2 is 2.29 bits per heavy atom. The van der Waals surface area contributed by atoms with Gasteiger partial charge in [0.15, 0.2) is 11.5 Å². The molecule has 3 atom stereocenters. The van der Waals surface area contributed by atoms with Crippen molar-refractivity contribution in [2.75, 3.05) is 27.2 Å². The Morgan fingerprint density at radius 3 is 3.07 bits per heavy atom. The van der Waals surface area contributed by atoms with Crippen molar-refractivity contribution in [1.29, 1.82) is 0 Å². The minimum absolute atomic E-state index is 0.0532. The Morgan fingerprint density at radius 1 is 1.43 bits per heavy atom. The van der Waals surface area contributed by atoms with E-state index in [9.17, 15) is 4.79 Å². The number of carbonyl (C=O) groups excluding carboxylic acids is 1. The molecule has 3 aliphatic rings. The molecule has 6 nitrogen and oxygen atoms in total. The average molecular weight is 386 g/mol. The Hall–Kier alpha value is -2.21. The van der Waals surface area contributed by atoms with E-state index in [2.05, 4.69) is 36.3 Å². The first-order valence-electron chi connectivity index (χ1n) is 10.3. The van der Waals surface area contributed by atoms with E-state index in [1.165, 1.54) is 11.1 Å². The molecule has 1 spiro atoms. The lowest BCUT2D eigenvalue weighted by molar-refractivity contribution is 0.0606. The summed E-state index contributed by atoms with van der Waals surface area (Å²) in [6.07, 6.45) is 7.21. The van der Waals surface area contributed by atoms with Gasteiger partial charge in [-0.25, -0.2) is 4.79 Å². The van der Waals surface area contributed by atoms with Gasteiger partial charge in [0.2, 0.25) is 0 Å². The Labute approximate surface area is 166 Å². The molecule has 1 aliphatic carbocycles. The summed E-state index contributed by atoms with van der Waals surface area (Å²) < 4.78 is 17.7. The summed E-state index contributed by atoms with van der Waals surface area (Å²) in [5.74, 6) is 1.64. The lowest BCUT2D eigenvalue weighted by Gasteiger charge is -2.36. The molecule has 3 unspecified atom stereocenters. The maximum atomic E-state index is 12.1. The maximum absolute atomic E-state index is 12.1. The predicted octanol–water partition coefficient (Wildman–Crippen LogP) is 3.38. The van der Waals surface area contributed by atoms with E-state index in [1.54, 1.807) is 7.11 Å². The van der Waals surface area contributed by atoms with Crippen molar-refractivity contribution >= 4 is 6.09 Å². The molecule has 0 saturated heterocycles. The molecule has 0 radical (unpaired) electrons. The van der Waals surface area contributed by atoms with Gasteiger partial charge >= 0.3 is 6.09 Å². The second-order valence-electron chi connectivity index (χ2n) is 8.08. The highest BCUT2D eigenvalue weighted by Gasteiger charge is 2.53. The summed E-state index contributed by atoms with van der Waals surface area (Å²) in [4.78, 5) is 14.4. The Bertz CT molecular complexity index is 778. The first kappa shape index (κ1) is 19.1. The number of methoxy groups -OCH3 is 1. The molecule has 152 valence electrons. The molecule has 0 saturated carbocycles. The van der Waals surface area contributed by atoms with Gasteiger partial charge in [-0.3, -0.25) is 0 Å². The monoisotopic (exact) mass is 386 g/mol. The zero-order chi connectivity index (χ0) is 19.7.